The zero-order valence-electron chi connectivity index (χ0n) is 14.2. The first kappa shape index (κ1) is 17.5. The monoisotopic (exact) mass is 371 g/mol. The molecule has 0 aliphatic rings. The average molecular weight is 372 g/mol. The zero-order chi connectivity index (χ0) is 18.1. The molecule has 0 aliphatic carbocycles. The van der Waals surface area contributed by atoms with Crippen molar-refractivity contribution in [1.29, 1.82) is 0 Å². The molecule has 0 radical (unpaired) electrons. The van der Waals surface area contributed by atoms with E-state index in [1.807, 2.05) is 57.2 Å². The fourth-order valence-electron chi connectivity index (χ4n) is 2.58. The molecule has 0 atom stereocenters. The van der Waals surface area contributed by atoms with Crippen LogP contribution >= 0.6 is 22.9 Å². The van der Waals surface area contributed by atoms with Crippen LogP contribution in [-0.4, -0.2) is 10.8 Å². The number of benzene rings is 2. The van der Waals surface area contributed by atoms with Crippen LogP contribution in [0, 0.1) is 20.8 Å². The number of rotatable bonds is 4. The first-order chi connectivity index (χ1) is 11.8. The Bertz CT molecular complexity index is 965. The van der Waals surface area contributed by atoms with E-state index < -0.39 is 0 Å². The number of carbonyl (C=O) groups excluding carboxylic acids is 1. The number of hydrogen-bond donors (Lipinski definition) is 2. The average Bonchev–Trinajstić information content (AvgIpc) is 2.91. The van der Waals surface area contributed by atoms with Gasteiger partial charge in [-0.25, -0.2) is 4.98 Å². The van der Waals surface area contributed by atoms with Crippen LogP contribution < -0.4 is 11.1 Å². The second-order valence-corrected chi connectivity index (χ2v) is 7.40. The lowest BCUT2D eigenvalue weighted by Gasteiger charge is -2.06. The largest absolute Gasteiger partial charge is 0.382 e. The second kappa shape index (κ2) is 6.86. The van der Waals surface area contributed by atoms with Crippen LogP contribution in [0.25, 0.3) is 0 Å². The highest BCUT2D eigenvalue weighted by atomic mass is 35.5. The summed E-state index contributed by atoms with van der Waals surface area (Å²) in [6.45, 7) is 5.89. The summed E-state index contributed by atoms with van der Waals surface area (Å²) in [6.07, 6.45) is 0. The fraction of sp³-hybridized carbons (Fsp3) is 0.158. The van der Waals surface area contributed by atoms with Gasteiger partial charge >= 0.3 is 0 Å². The van der Waals surface area contributed by atoms with Gasteiger partial charge in [-0.05, 0) is 44.0 Å². The van der Waals surface area contributed by atoms with Crippen LogP contribution in [0.2, 0.25) is 5.02 Å². The van der Waals surface area contributed by atoms with Gasteiger partial charge < -0.3 is 11.1 Å². The van der Waals surface area contributed by atoms with Crippen LogP contribution in [0.5, 0.6) is 0 Å². The molecule has 0 unspecified atom stereocenters. The topological polar surface area (TPSA) is 68.0 Å². The Balaban J connectivity index is 1.92. The fourth-order valence-corrected chi connectivity index (χ4v) is 3.61. The summed E-state index contributed by atoms with van der Waals surface area (Å²) in [6, 6.07) is 11.3. The van der Waals surface area contributed by atoms with Crippen molar-refractivity contribution in [3.05, 3.63) is 68.6 Å². The van der Waals surface area contributed by atoms with Gasteiger partial charge in [0.15, 0.2) is 5.13 Å². The predicted molar refractivity (Wildman–Crippen MR) is 105 cm³/mol. The van der Waals surface area contributed by atoms with Gasteiger partial charge in [0.25, 0.3) is 0 Å². The summed E-state index contributed by atoms with van der Waals surface area (Å²) in [7, 11) is 0. The summed E-state index contributed by atoms with van der Waals surface area (Å²) < 4.78 is 0. The Hall–Kier alpha value is -2.37. The molecule has 1 aromatic heterocycles. The normalized spacial score (nSPS) is 10.7. The highest BCUT2D eigenvalue weighted by molar-refractivity contribution is 7.18. The van der Waals surface area contributed by atoms with Gasteiger partial charge in [-0.3, -0.25) is 4.79 Å². The molecule has 3 aromatic rings. The minimum absolute atomic E-state index is 0.108. The van der Waals surface area contributed by atoms with Gasteiger partial charge in [0, 0.05) is 16.3 Å². The highest BCUT2D eigenvalue weighted by Crippen LogP contribution is 2.32. The molecule has 0 saturated carbocycles. The van der Waals surface area contributed by atoms with Crippen LogP contribution in [0.3, 0.4) is 0 Å². The molecule has 0 bridgehead atoms. The lowest BCUT2D eigenvalue weighted by molar-refractivity contribution is 0.104. The van der Waals surface area contributed by atoms with Crippen molar-refractivity contribution in [2.45, 2.75) is 20.8 Å². The van der Waals surface area contributed by atoms with Gasteiger partial charge in [0.1, 0.15) is 10.7 Å². The molecule has 1 heterocycles. The molecule has 0 aliphatic heterocycles. The second-order valence-electron chi connectivity index (χ2n) is 5.97. The van der Waals surface area contributed by atoms with Crippen molar-refractivity contribution in [2.75, 3.05) is 11.1 Å². The van der Waals surface area contributed by atoms with Gasteiger partial charge in [-0.2, -0.15) is 0 Å². The molecule has 0 fully saturated rings. The molecule has 3 rings (SSSR count). The number of aryl methyl sites for hydroxylation is 3. The van der Waals surface area contributed by atoms with E-state index in [-0.39, 0.29) is 11.6 Å². The van der Waals surface area contributed by atoms with E-state index in [9.17, 15) is 4.79 Å². The first-order valence-corrected chi connectivity index (χ1v) is 8.96. The molecule has 0 saturated heterocycles. The summed E-state index contributed by atoms with van der Waals surface area (Å²) in [5.41, 5.74) is 10.6. The molecule has 0 amide bonds. The quantitative estimate of drug-likeness (QED) is 0.612. The number of nitrogen functional groups attached to an aromatic ring is 1. The molecular formula is C19H18ClN3OS. The van der Waals surface area contributed by atoms with Crippen LogP contribution in [-0.2, 0) is 0 Å². The van der Waals surface area contributed by atoms with Crippen molar-refractivity contribution in [2.24, 2.45) is 0 Å². The maximum atomic E-state index is 12.8. The smallest absolute Gasteiger partial charge is 0.207 e. The van der Waals surface area contributed by atoms with E-state index >= 15 is 0 Å². The summed E-state index contributed by atoms with van der Waals surface area (Å²) >= 11 is 7.29. The predicted octanol–water partition coefficient (Wildman–Crippen LogP) is 5.28. The van der Waals surface area contributed by atoms with Gasteiger partial charge in [-0.15, -0.1) is 0 Å². The number of nitrogens with zero attached hydrogens (tertiary/aromatic N) is 1. The van der Waals surface area contributed by atoms with E-state index in [1.54, 1.807) is 0 Å². The van der Waals surface area contributed by atoms with E-state index in [4.69, 9.17) is 17.3 Å². The van der Waals surface area contributed by atoms with Crippen molar-refractivity contribution in [3.63, 3.8) is 0 Å². The number of nitrogens with two attached hydrogens (primary N) is 1. The number of aromatic nitrogens is 1. The molecular weight excluding hydrogens is 354 g/mol. The van der Waals surface area contributed by atoms with Gasteiger partial charge in [-0.1, -0.05) is 52.8 Å². The minimum Gasteiger partial charge on any atom is -0.382 e. The third kappa shape index (κ3) is 3.67. The maximum absolute atomic E-state index is 12.8. The van der Waals surface area contributed by atoms with Gasteiger partial charge in [0.2, 0.25) is 5.78 Å². The highest BCUT2D eigenvalue weighted by Gasteiger charge is 2.20. The lowest BCUT2D eigenvalue weighted by atomic mass is 10.0. The molecule has 128 valence electrons. The first-order valence-electron chi connectivity index (χ1n) is 7.76. The van der Waals surface area contributed by atoms with E-state index in [0.29, 0.717) is 20.6 Å². The number of hydrogen-bond acceptors (Lipinski definition) is 5. The van der Waals surface area contributed by atoms with E-state index in [0.717, 1.165) is 22.4 Å². The standard InChI is InChI=1S/C19H18ClN3OS/c1-10-4-7-14(12(3)8-10)16(24)17-18(21)23-19(25-17)22-15-9-13(20)6-5-11(15)2/h4-9H,21H2,1-3H3,(H,22,23). The van der Waals surface area contributed by atoms with Crippen molar-refractivity contribution >= 4 is 45.4 Å². The third-order valence-electron chi connectivity index (χ3n) is 3.93. The molecule has 2 aromatic carbocycles. The number of thiazole rings is 1. The number of nitrogens with one attached hydrogen (secondary N) is 1. The summed E-state index contributed by atoms with van der Waals surface area (Å²) in [5, 5.41) is 4.39. The molecule has 4 nitrogen and oxygen atoms in total. The van der Waals surface area contributed by atoms with Crippen molar-refractivity contribution in [1.82, 2.24) is 4.98 Å². The molecule has 0 spiro atoms. The SMILES string of the molecule is Cc1ccc(C(=O)c2sc(Nc3cc(Cl)ccc3C)nc2N)c(C)c1. The summed E-state index contributed by atoms with van der Waals surface area (Å²) in [4.78, 5) is 17.6. The van der Waals surface area contributed by atoms with E-state index in [2.05, 4.69) is 10.3 Å². The number of carbonyl (C=O) groups is 1. The van der Waals surface area contributed by atoms with Crippen molar-refractivity contribution < 1.29 is 4.79 Å². The molecule has 25 heavy (non-hydrogen) atoms. The maximum Gasteiger partial charge on any atom is 0.207 e. The van der Waals surface area contributed by atoms with Crippen molar-refractivity contribution in [3.8, 4) is 0 Å². The Morgan fingerprint density at radius 1 is 1.12 bits per heavy atom. The Labute approximate surface area is 155 Å². The van der Waals surface area contributed by atoms with Crippen LogP contribution in [0.1, 0.15) is 31.9 Å². The number of anilines is 3. The van der Waals surface area contributed by atoms with Crippen LogP contribution in [0.15, 0.2) is 36.4 Å². The Kier molecular flexibility index (Phi) is 4.79. The molecule has 3 N–H and O–H groups in total. The lowest BCUT2D eigenvalue weighted by Crippen LogP contribution is -2.04. The summed E-state index contributed by atoms with van der Waals surface area (Å²) in [5.74, 6) is 0.125. The Morgan fingerprint density at radius 3 is 2.60 bits per heavy atom. The molecule has 6 heteroatoms. The number of ketones is 1. The van der Waals surface area contributed by atoms with E-state index in [1.165, 1.54) is 11.3 Å². The van der Waals surface area contributed by atoms with Gasteiger partial charge in [0.05, 0.1) is 0 Å². The van der Waals surface area contributed by atoms with Crippen LogP contribution in [0.4, 0.5) is 16.6 Å². The zero-order valence-corrected chi connectivity index (χ0v) is 15.8. The number of halogens is 1. The minimum atomic E-state index is -0.108. The Morgan fingerprint density at radius 2 is 1.88 bits per heavy atom. The third-order valence-corrected chi connectivity index (χ3v) is 5.15.